The van der Waals surface area contributed by atoms with Gasteiger partial charge in [0.2, 0.25) is 0 Å². The van der Waals surface area contributed by atoms with Crippen LogP contribution in [0.1, 0.15) is 11.1 Å². The Morgan fingerprint density at radius 1 is 1.19 bits per heavy atom. The van der Waals surface area contributed by atoms with Gasteiger partial charge in [-0.15, -0.1) is 5.10 Å². The summed E-state index contributed by atoms with van der Waals surface area (Å²) in [6.45, 7) is 2.56. The highest BCUT2D eigenvalue weighted by Crippen LogP contribution is 2.19. The number of rotatable bonds is 4. The number of hydrogen-bond donors (Lipinski definition) is 1. The third-order valence-corrected chi connectivity index (χ3v) is 3.21. The zero-order valence-corrected chi connectivity index (χ0v) is 11.5. The fourth-order valence-corrected chi connectivity index (χ4v) is 2.07. The van der Waals surface area contributed by atoms with E-state index in [-0.39, 0.29) is 5.82 Å². The molecule has 3 aromatic rings. The van der Waals surface area contributed by atoms with Gasteiger partial charge in [-0.05, 0) is 52.7 Å². The Kier molecular flexibility index (Phi) is 3.59. The summed E-state index contributed by atoms with van der Waals surface area (Å²) in [5.41, 5.74) is 3.82. The molecule has 0 aliphatic heterocycles. The van der Waals surface area contributed by atoms with Crippen LogP contribution in [0.15, 0.2) is 48.8 Å². The van der Waals surface area contributed by atoms with Crippen molar-refractivity contribution in [2.24, 2.45) is 0 Å². The second-order valence-electron chi connectivity index (χ2n) is 4.74. The third kappa shape index (κ3) is 3.05. The minimum atomic E-state index is -0.228. The molecule has 3 rings (SSSR count). The van der Waals surface area contributed by atoms with E-state index in [9.17, 15) is 4.39 Å². The molecule has 1 aromatic heterocycles. The lowest BCUT2D eigenvalue weighted by Crippen LogP contribution is -2.03. The summed E-state index contributed by atoms with van der Waals surface area (Å²) in [6.07, 6.45) is 1.54. The molecule has 21 heavy (non-hydrogen) atoms. The van der Waals surface area contributed by atoms with Crippen LogP contribution in [0.5, 0.6) is 0 Å². The first-order valence-corrected chi connectivity index (χ1v) is 6.55. The molecule has 5 nitrogen and oxygen atoms in total. The van der Waals surface area contributed by atoms with E-state index in [2.05, 4.69) is 20.8 Å². The van der Waals surface area contributed by atoms with Crippen LogP contribution in [0.3, 0.4) is 0 Å². The Balaban J connectivity index is 1.80. The maximum atomic E-state index is 13.2. The summed E-state index contributed by atoms with van der Waals surface area (Å²) < 4.78 is 14.8. The van der Waals surface area contributed by atoms with Gasteiger partial charge in [-0.25, -0.2) is 9.07 Å². The molecule has 0 radical (unpaired) electrons. The second kappa shape index (κ2) is 5.70. The molecule has 0 saturated carbocycles. The summed E-state index contributed by atoms with van der Waals surface area (Å²) in [5, 5.41) is 14.4. The Hall–Kier alpha value is -2.76. The molecule has 0 unspecified atom stereocenters. The molecule has 0 bridgehead atoms. The van der Waals surface area contributed by atoms with E-state index in [4.69, 9.17) is 0 Å². The van der Waals surface area contributed by atoms with Gasteiger partial charge in [-0.3, -0.25) is 0 Å². The van der Waals surface area contributed by atoms with Crippen molar-refractivity contribution < 1.29 is 4.39 Å². The van der Waals surface area contributed by atoms with Crippen molar-refractivity contribution in [2.75, 3.05) is 5.32 Å². The van der Waals surface area contributed by atoms with Crippen LogP contribution in [0.4, 0.5) is 10.1 Å². The number of nitrogens with one attached hydrogen (secondary N) is 1. The molecule has 1 heterocycles. The van der Waals surface area contributed by atoms with E-state index in [0.717, 1.165) is 22.5 Å². The van der Waals surface area contributed by atoms with Crippen molar-refractivity contribution in [1.82, 2.24) is 20.2 Å². The number of hydrogen-bond acceptors (Lipinski definition) is 4. The van der Waals surface area contributed by atoms with Crippen LogP contribution < -0.4 is 5.32 Å². The topological polar surface area (TPSA) is 55.6 Å². The molecule has 1 N–H and O–H groups in total. The van der Waals surface area contributed by atoms with Crippen molar-refractivity contribution in [2.45, 2.75) is 13.5 Å². The number of nitrogens with zero attached hydrogens (tertiary/aromatic N) is 4. The van der Waals surface area contributed by atoms with E-state index < -0.39 is 0 Å². The molecule has 106 valence electrons. The minimum absolute atomic E-state index is 0.228. The van der Waals surface area contributed by atoms with E-state index >= 15 is 0 Å². The van der Waals surface area contributed by atoms with Crippen LogP contribution in [0.25, 0.3) is 5.69 Å². The van der Waals surface area contributed by atoms with E-state index in [1.807, 2.05) is 31.2 Å². The lowest BCUT2D eigenvalue weighted by molar-refractivity contribution is 0.626. The normalized spacial score (nSPS) is 10.6. The lowest BCUT2D eigenvalue weighted by Gasteiger charge is -2.11. The van der Waals surface area contributed by atoms with Gasteiger partial charge in [0.1, 0.15) is 12.1 Å². The van der Waals surface area contributed by atoms with Crippen LogP contribution in [-0.2, 0) is 6.54 Å². The lowest BCUT2D eigenvalue weighted by atomic mass is 10.1. The van der Waals surface area contributed by atoms with Crippen LogP contribution in [-0.4, -0.2) is 20.2 Å². The fourth-order valence-electron chi connectivity index (χ4n) is 2.07. The number of halogens is 1. The van der Waals surface area contributed by atoms with Crippen molar-refractivity contribution in [3.8, 4) is 5.69 Å². The molecule has 0 spiro atoms. The fraction of sp³-hybridized carbons (Fsp3) is 0.133. The zero-order chi connectivity index (χ0) is 14.7. The van der Waals surface area contributed by atoms with Crippen LogP contribution in [0.2, 0.25) is 0 Å². The molecule has 0 aliphatic carbocycles. The van der Waals surface area contributed by atoms with Crippen LogP contribution >= 0.6 is 0 Å². The third-order valence-electron chi connectivity index (χ3n) is 3.21. The summed E-state index contributed by atoms with van der Waals surface area (Å²) >= 11 is 0. The summed E-state index contributed by atoms with van der Waals surface area (Å²) in [4.78, 5) is 0. The quantitative estimate of drug-likeness (QED) is 0.800. The van der Waals surface area contributed by atoms with Gasteiger partial charge in [-0.2, -0.15) is 0 Å². The Morgan fingerprint density at radius 2 is 2.10 bits per heavy atom. The molecular formula is C15H14FN5. The monoisotopic (exact) mass is 283 g/mol. The second-order valence-corrected chi connectivity index (χ2v) is 4.74. The molecular weight excluding hydrogens is 269 g/mol. The highest BCUT2D eigenvalue weighted by Gasteiger charge is 2.04. The van der Waals surface area contributed by atoms with E-state index in [1.54, 1.807) is 17.1 Å². The Bertz CT molecular complexity index is 740. The Morgan fingerprint density at radius 3 is 2.86 bits per heavy atom. The molecule has 0 atom stereocenters. The minimum Gasteiger partial charge on any atom is -0.381 e. The first-order chi connectivity index (χ1) is 10.2. The highest BCUT2D eigenvalue weighted by atomic mass is 19.1. The van der Waals surface area contributed by atoms with Gasteiger partial charge >= 0.3 is 0 Å². The highest BCUT2D eigenvalue weighted by molar-refractivity contribution is 5.56. The molecule has 0 aliphatic rings. The van der Waals surface area contributed by atoms with Crippen LogP contribution in [0, 0.1) is 12.7 Å². The maximum Gasteiger partial charge on any atom is 0.143 e. The summed E-state index contributed by atoms with van der Waals surface area (Å²) in [6, 6.07) is 12.4. The average Bonchev–Trinajstić information content (AvgIpc) is 3.01. The van der Waals surface area contributed by atoms with E-state index in [0.29, 0.717) is 6.54 Å². The van der Waals surface area contributed by atoms with Crippen molar-refractivity contribution in [1.29, 1.82) is 0 Å². The maximum absolute atomic E-state index is 13.2. The zero-order valence-electron chi connectivity index (χ0n) is 11.5. The molecule has 2 aromatic carbocycles. The number of aromatic nitrogens is 4. The molecule has 0 amide bonds. The summed E-state index contributed by atoms with van der Waals surface area (Å²) in [5.74, 6) is -0.228. The number of aryl methyl sites for hydroxylation is 1. The molecule has 0 saturated heterocycles. The first-order valence-electron chi connectivity index (χ1n) is 6.55. The average molecular weight is 283 g/mol. The smallest absolute Gasteiger partial charge is 0.143 e. The van der Waals surface area contributed by atoms with Gasteiger partial charge in [0.25, 0.3) is 0 Å². The number of benzene rings is 2. The molecule has 6 heteroatoms. The summed E-state index contributed by atoms with van der Waals surface area (Å²) in [7, 11) is 0. The SMILES string of the molecule is Cc1ccc(-n2cnnn2)cc1NCc1cccc(F)c1. The van der Waals surface area contributed by atoms with Crippen molar-refractivity contribution in [3.05, 3.63) is 65.7 Å². The van der Waals surface area contributed by atoms with Gasteiger partial charge in [-0.1, -0.05) is 18.2 Å². The standard InChI is InChI=1S/C15H14FN5/c1-11-5-6-14(21-10-18-19-20-21)8-15(11)17-9-12-3-2-4-13(16)7-12/h2-8,10,17H,9H2,1H3. The van der Waals surface area contributed by atoms with Gasteiger partial charge in [0.15, 0.2) is 0 Å². The molecule has 0 fully saturated rings. The largest absolute Gasteiger partial charge is 0.381 e. The van der Waals surface area contributed by atoms with Crippen molar-refractivity contribution >= 4 is 5.69 Å². The number of tetrazole rings is 1. The van der Waals surface area contributed by atoms with Crippen molar-refractivity contribution in [3.63, 3.8) is 0 Å². The number of anilines is 1. The van der Waals surface area contributed by atoms with Gasteiger partial charge < -0.3 is 5.32 Å². The van der Waals surface area contributed by atoms with E-state index in [1.165, 1.54) is 12.1 Å². The predicted octanol–water partition coefficient (Wildman–Crippen LogP) is 2.72. The van der Waals surface area contributed by atoms with Gasteiger partial charge in [0, 0.05) is 12.2 Å². The first kappa shape index (κ1) is 13.2. The van der Waals surface area contributed by atoms with Gasteiger partial charge in [0.05, 0.1) is 5.69 Å². The predicted molar refractivity (Wildman–Crippen MR) is 77.6 cm³/mol. The Labute approximate surface area is 121 Å².